The van der Waals surface area contributed by atoms with Crippen molar-refractivity contribution in [3.05, 3.63) is 36.2 Å². The molecule has 8 nitrogen and oxygen atoms in total. The summed E-state index contributed by atoms with van der Waals surface area (Å²) in [6.45, 7) is -0.208. The summed E-state index contributed by atoms with van der Waals surface area (Å²) in [7, 11) is 3.07. The molecule has 2 aromatic rings. The number of ether oxygens (including phenoxy) is 1. The number of anilines is 1. The number of carbonyl (C=O) groups excluding carboxylic acids is 2. The van der Waals surface area contributed by atoms with E-state index in [0.29, 0.717) is 22.3 Å². The Labute approximate surface area is 149 Å². The average molecular weight is 364 g/mol. The van der Waals surface area contributed by atoms with Crippen LogP contribution in [0.3, 0.4) is 0 Å². The topological polar surface area (TPSA) is 105 Å². The minimum absolute atomic E-state index is 0.0306. The van der Waals surface area contributed by atoms with E-state index in [1.807, 2.05) is 6.07 Å². The van der Waals surface area contributed by atoms with E-state index in [0.717, 1.165) is 0 Å². The Morgan fingerprint density at radius 1 is 1.32 bits per heavy atom. The highest BCUT2D eigenvalue weighted by atomic mass is 32.2. The Morgan fingerprint density at radius 2 is 2.08 bits per heavy atom. The fourth-order valence-corrected chi connectivity index (χ4v) is 2.89. The van der Waals surface area contributed by atoms with Gasteiger partial charge in [-0.15, -0.1) is 0 Å². The quantitative estimate of drug-likeness (QED) is 0.600. The van der Waals surface area contributed by atoms with E-state index in [-0.39, 0.29) is 30.7 Å². The summed E-state index contributed by atoms with van der Waals surface area (Å²) in [5.74, 6) is 0.236. The summed E-state index contributed by atoms with van der Waals surface area (Å²) < 4.78 is 6.78. The van der Waals surface area contributed by atoms with E-state index in [1.54, 1.807) is 22.8 Å². The number of amides is 2. The van der Waals surface area contributed by atoms with Crippen LogP contribution < -0.4 is 15.4 Å². The minimum Gasteiger partial charge on any atom is -0.495 e. The van der Waals surface area contributed by atoms with Crippen LogP contribution in [-0.4, -0.2) is 46.4 Å². The zero-order valence-corrected chi connectivity index (χ0v) is 14.8. The normalized spacial score (nSPS) is 10.4. The van der Waals surface area contributed by atoms with Gasteiger partial charge in [-0.1, -0.05) is 23.9 Å². The van der Waals surface area contributed by atoms with E-state index >= 15 is 0 Å². The number of hydrogen-bond acceptors (Lipinski definition) is 6. The summed E-state index contributed by atoms with van der Waals surface area (Å²) >= 11 is 1.18. The molecule has 0 radical (unpaired) electrons. The number of rotatable bonds is 8. The smallest absolute Gasteiger partial charge is 0.239 e. The third-order valence-corrected chi connectivity index (χ3v) is 4.35. The van der Waals surface area contributed by atoms with Gasteiger partial charge in [-0.05, 0) is 12.1 Å². The second kappa shape index (κ2) is 9.09. The van der Waals surface area contributed by atoms with Crippen molar-refractivity contribution in [2.75, 3.05) is 25.2 Å². The molecule has 0 unspecified atom stereocenters. The molecule has 1 aromatic carbocycles. The number of carbonyl (C=O) groups is 2. The molecule has 3 N–H and O–H groups in total. The van der Waals surface area contributed by atoms with Crippen molar-refractivity contribution >= 4 is 29.3 Å². The molecular formula is C16H20N4O4S. The molecule has 0 fully saturated rings. The Kier molecular flexibility index (Phi) is 6.84. The molecule has 0 aliphatic rings. The van der Waals surface area contributed by atoms with Gasteiger partial charge < -0.3 is 25.0 Å². The van der Waals surface area contributed by atoms with E-state index in [9.17, 15) is 14.7 Å². The van der Waals surface area contributed by atoms with Crippen LogP contribution in [0.1, 0.15) is 5.69 Å². The fraction of sp³-hybridized carbons (Fsp3) is 0.312. The van der Waals surface area contributed by atoms with Crippen LogP contribution in [0, 0.1) is 0 Å². The van der Waals surface area contributed by atoms with Gasteiger partial charge in [-0.3, -0.25) is 9.59 Å². The predicted octanol–water partition coefficient (Wildman–Crippen LogP) is 0.861. The number of thioether (sulfide) groups is 1. The number of nitrogens with zero attached hydrogens (tertiary/aromatic N) is 2. The second-order valence-corrected chi connectivity index (χ2v) is 5.93. The van der Waals surface area contributed by atoms with Gasteiger partial charge in [0.2, 0.25) is 11.8 Å². The van der Waals surface area contributed by atoms with Gasteiger partial charge in [0.25, 0.3) is 0 Å². The number of methoxy groups -OCH3 is 1. The summed E-state index contributed by atoms with van der Waals surface area (Å²) in [6, 6.07) is 7.12. The first-order valence-electron chi connectivity index (χ1n) is 7.50. The van der Waals surface area contributed by atoms with Gasteiger partial charge >= 0.3 is 0 Å². The van der Waals surface area contributed by atoms with E-state index in [4.69, 9.17) is 4.74 Å². The number of aliphatic hydroxyl groups excluding tert-OH is 1. The van der Waals surface area contributed by atoms with Crippen LogP contribution >= 0.6 is 11.8 Å². The van der Waals surface area contributed by atoms with Crippen LogP contribution in [0.5, 0.6) is 5.75 Å². The van der Waals surface area contributed by atoms with Crippen molar-refractivity contribution in [3.63, 3.8) is 0 Å². The molecule has 9 heteroatoms. The summed E-state index contributed by atoms with van der Waals surface area (Å²) in [4.78, 5) is 27.9. The maximum absolute atomic E-state index is 12.2. The van der Waals surface area contributed by atoms with E-state index in [1.165, 1.54) is 32.1 Å². The monoisotopic (exact) mass is 364 g/mol. The molecule has 0 atom stereocenters. The second-order valence-electron chi connectivity index (χ2n) is 4.99. The highest BCUT2D eigenvalue weighted by Crippen LogP contribution is 2.24. The van der Waals surface area contributed by atoms with Gasteiger partial charge in [0.05, 0.1) is 37.0 Å². The molecule has 0 bridgehead atoms. The van der Waals surface area contributed by atoms with Crippen molar-refractivity contribution < 1.29 is 19.4 Å². The standard InChI is InChI=1S/C16H20N4O4S/c1-17-14(22)8-20-11(9-21)7-18-16(20)25-10-15(23)19-12-5-3-4-6-13(12)24-2/h3-7,21H,8-10H2,1-2H3,(H,17,22)(H,19,23). The van der Waals surface area contributed by atoms with Crippen LogP contribution in [-0.2, 0) is 22.7 Å². The Bertz CT molecular complexity index is 747. The minimum atomic E-state index is -0.238. The third kappa shape index (κ3) is 4.97. The maximum Gasteiger partial charge on any atom is 0.239 e. The zero-order valence-electron chi connectivity index (χ0n) is 14.0. The first kappa shape index (κ1) is 18.8. The Hall–Kier alpha value is -2.52. The molecule has 25 heavy (non-hydrogen) atoms. The van der Waals surface area contributed by atoms with Crippen molar-refractivity contribution in [1.29, 1.82) is 0 Å². The Morgan fingerprint density at radius 3 is 2.76 bits per heavy atom. The third-order valence-electron chi connectivity index (χ3n) is 3.36. The lowest BCUT2D eigenvalue weighted by Crippen LogP contribution is -2.25. The summed E-state index contributed by atoms with van der Waals surface area (Å²) in [6.07, 6.45) is 1.49. The Balaban J connectivity index is 2.02. The van der Waals surface area contributed by atoms with Crippen molar-refractivity contribution in [1.82, 2.24) is 14.9 Å². The van der Waals surface area contributed by atoms with Gasteiger partial charge in [-0.25, -0.2) is 4.98 Å². The van der Waals surface area contributed by atoms with Gasteiger partial charge in [0.1, 0.15) is 12.3 Å². The number of aliphatic hydroxyl groups is 1. The largest absolute Gasteiger partial charge is 0.495 e. The zero-order chi connectivity index (χ0) is 18.2. The van der Waals surface area contributed by atoms with Crippen molar-refractivity contribution in [3.8, 4) is 5.75 Å². The first-order chi connectivity index (χ1) is 12.1. The highest BCUT2D eigenvalue weighted by molar-refractivity contribution is 7.99. The summed E-state index contributed by atoms with van der Waals surface area (Å²) in [5.41, 5.74) is 1.09. The molecule has 1 aromatic heterocycles. The molecule has 2 amide bonds. The lowest BCUT2D eigenvalue weighted by atomic mass is 10.3. The van der Waals surface area contributed by atoms with Crippen LogP contribution in [0.2, 0.25) is 0 Å². The fourth-order valence-electron chi connectivity index (χ4n) is 2.09. The molecule has 0 aliphatic heterocycles. The molecule has 0 saturated heterocycles. The van der Waals surface area contributed by atoms with Crippen LogP contribution in [0.25, 0.3) is 0 Å². The van der Waals surface area contributed by atoms with Crippen molar-refractivity contribution in [2.45, 2.75) is 18.3 Å². The number of nitrogens with one attached hydrogen (secondary N) is 2. The SMILES string of the molecule is CNC(=O)Cn1c(CO)cnc1SCC(=O)Nc1ccccc1OC. The molecule has 134 valence electrons. The lowest BCUT2D eigenvalue weighted by molar-refractivity contribution is -0.121. The molecule has 0 saturated carbocycles. The number of imidazole rings is 1. The van der Waals surface area contributed by atoms with Crippen molar-refractivity contribution in [2.24, 2.45) is 0 Å². The number of hydrogen-bond donors (Lipinski definition) is 3. The van der Waals surface area contributed by atoms with Crippen LogP contribution in [0.4, 0.5) is 5.69 Å². The number of likely N-dealkylation sites (N-methyl/N-ethyl adjacent to an activating group) is 1. The lowest BCUT2D eigenvalue weighted by Gasteiger charge is -2.11. The average Bonchev–Trinajstić information content (AvgIpc) is 3.01. The maximum atomic E-state index is 12.2. The predicted molar refractivity (Wildman–Crippen MR) is 94.6 cm³/mol. The molecule has 0 aliphatic carbocycles. The molecule has 0 spiro atoms. The first-order valence-corrected chi connectivity index (χ1v) is 8.49. The number of benzene rings is 1. The molecule has 2 rings (SSSR count). The van der Waals surface area contributed by atoms with E-state index in [2.05, 4.69) is 15.6 Å². The number of para-hydroxylation sites is 2. The van der Waals surface area contributed by atoms with Gasteiger partial charge in [0, 0.05) is 7.05 Å². The molecule has 1 heterocycles. The van der Waals surface area contributed by atoms with E-state index < -0.39 is 0 Å². The highest BCUT2D eigenvalue weighted by Gasteiger charge is 2.15. The van der Waals surface area contributed by atoms with Crippen LogP contribution in [0.15, 0.2) is 35.6 Å². The van der Waals surface area contributed by atoms with Gasteiger partial charge in [0.15, 0.2) is 5.16 Å². The summed E-state index contributed by atoms with van der Waals surface area (Å²) in [5, 5.41) is 15.1. The molecular weight excluding hydrogens is 344 g/mol. The van der Waals surface area contributed by atoms with Gasteiger partial charge in [-0.2, -0.15) is 0 Å². The number of aromatic nitrogens is 2.